The largest absolute Gasteiger partial charge is 0.393 e. The summed E-state index contributed by atoms with van der Waals surface area (Å²) in [7, 11) is 0. The molecule has 0 aromatic carbocycles. The molecule has 0 atom stereocenters. The number of aliphatic hydroxyl groups excluding tert-OH is 1. The van der Waals surface area contributed by atoms with Gasteiger partial charge in [0, 0.05) is 0 Å². The van der Waals surface area contributed by atoms with Crippen LogP contribution in [0.2, 0.25) is 0 Å². The highest BCUT2D eigenvalue weighted by Gasteiger charge is 2.07. The number of aliphatic hydroxyl groups is 1. The number of carbonyl (C=O) groups excluding carboxylic acids is 1. The minimum Gasteiger partial charge on any atom is -0.393 e. The molecule has 0 unspecified atom stereocenters. The lowest BCUT2D eigenvalue weighted by molar-refractivity contribution is -0.114. The highest BCUT2D eigenvalue weighted by Crippen LogP contribution is 2.16. The van der Waals surface area contributed by atoms with E-state index < -0.39 is 0 Å². The monoisotopic (exact) mass is 158 g/mol. The molecule has 2 heteroatoms. The van der Waals surface area contributed by atoms with E-state index in [-0.39, 0.29) is 11.9 Å². The molecular weight excluding hydrogens is 140 g/mol. The molecule has 11 heavy (non-hydrogen) atoms. The SMILES string of the molecule is CC(C)=O.OC1CCCCC1. The lowest BCUT2D eigenvalue weighted by atomic mass is 9.98. The number of Topliss-reactive ketones (excluding diaryl/α,β-unsaturated/α-hetero) is 1. The summed E-state index contributed by atoms with van der Waals surface area (Å²) in [5.41, 5.74) is 0. The summed E-state index contributed by atoms with van der Waals surface area (Å²) < 4.78 is 0. The van der Waals surface area contributed by atoms with Crippen LogP contribution in [-0.4, -0.2) is 17.0 Å². The van der Waals surface area contributed by atoms with Crippen molar-refractivity contribution in [3.05, 3.63) is 0 Å². The van der Waals surface area contributed by atoms with E-state index in [9.17, 15) is 4.79 Å². The van der Waals surface area contributed by atoms with Gasteiger partial charge in [-0.2, -0.15) is 0 Å². The molecule has 1 saturated carbocycles. The van der Waals surface area contributed by atoms with Crippen molar-refractivity contribution in [1.82, 2.24) is 0 Å². The van der Waals surface area contributed by atoms with Gasteiger partial charge in [-0.05, 0) is 26.7 Å². The topological polar surface area (TPSA) is 37.3 Å². The van der Waals surface area contributed by atoms with E-state index in [1.807, 2.05) is 0 Å². The van der Waals surface area contributed by atoms with Gasteiger partial charge in [0.05, 0.1) is 6.10 Å². The first-order chi connectivity index (χ1) is 5.13. The predicted molar refractivity (Wildman–Crippen MR) is 45.4 cm³/mol. The normalized spacial score (nSPS) is 18.5. The molecule has 0 bridgehead atoms. The summed E-state index contributed by atoms with van der Waals surface area (Å²) in [5, 5.41) is 8.91. The summed E-state index contributed by atoms with van der Waals surface area (Å²) in [6.45, 7) is 3.06. The zero-order chi connectivity index (χ0) is 8.69. The van der Waals surface area contributed by atoms with Gasteiger partial charge in [0.25, 0.3) is 0 Å². The van der Waals surface area contributed by atoms with Gasteiger partial charge >= 0.3 is 0 Å². The second-order valence-corrected chi connectivity index (χ2v) is 3.20. The molecule has 1 fully saturated rings. The molecule has 0 aromatic heterocycles. The van der Waals surface area contributed by atoms with Crippen molar-refractivity contribution in [1.29, 1.82) is 0 Å². The van der Waals surface area contributed by atoms with Gasteiger partial charge in [-0.15, -0.1) is 0 Å². The first kappa shape index (κ1) is 10.6. The number of hydrogen-bond acceptors (Lipinski definition) is 2. The molecule has 0 aromatic rings. The fourth-order valence-corrected chi connectivity index (χ4v) is 1.08. The summed E-state index contributed by atoms with van der Waals surface area (Å²) in [4.78, 5) is 9.44. The van der Waals surface area contributed by atoms with Crippen LogP contribution in [0.4, 0.5) is 0 Å². The highest BCUT2D eigenvalue weighted by molar-refractivity contribution is 5.72. The van der Waals surface area contributed by atoms with Crippen molar-refractivity contribution >= 4 is 5.78 Å². The number of ketones is 1. The van der Waals surface area contributed by atoms with E-state index >= 15 is 0 Å². The van der Waals surface area contributed by atoms with Crippen LogP contribution < -0.4 is 0 Å². The summed E-state index contributed by atoms with van der Waals surface area (Å²) >= 11 is 0. The number of carbonyl (C=O) groups is 1. The Morgan fingerprint density at radius 1 is 1.18 bits per heavy atom. The highest BCUT2D eigenvalue weighted by atomic mass is 16.3. The van der Waals surface area contributed by atoms with Crippen molar-refractivity contribution in [3.63, 3.8) is 0 Å². The van der Waals surface area contributed by atoms with E-state index in [0.29, 0.717) is 0 Å². The fourth-order valence-electron chi connectivity index (χ4n) is 1.08. The van der Waals surface area contributed by atoms with Crippen LogP contribution in [-0.2, 0) is 4.79 Å². The van der Waals surface area contributed by atoms with Gasteiger partial charge < -0.3 is 9.90 Å². The Morgan fingerprint density at radius 2 is 1.55 bits per heavy atom. The van der Waals surface area contributed by atoms with Gasteiger partial charge in [0.1, 0.15) is 5.78 Å². The third kappa shape index (κ3) is 9.63. The first-order valence-electron chi connectivity index (χ1n) is 4.28. The molecule has 0 amide bonds. The van der Waals surface area contributed by atoms with Crippen LogP contribution in [0.25, 0.3) is 0 Å². The number of rotatable bonds is 0. The Bertz CT molecular complexity index is 100. The second kappa shape index (κ2) is 6.35. The van der Waals surface area contributed by atoms with Crippen LogP contribution >= 0.6 is 0 Å². The molecule has 1 aliphatic rings. The van der Waals surface area contributed by atoms with E-state index in [1.165, 1.54) is 33.1 Å². The van der Waals surface area contributed by atoms with Crippen LogP contribution in [0.5, 0.6) is 0 Å². The minimum atomic E-state index is 0.0359. The molecule has 66 valence electrons. The Balaban J connectivity index is 0.000000218. The van der Waals surface area contributed by atoms with E-state index in [0.717, 1.165) is 12.8 Å². The van der Waals surface area contributed by atoms with Crippen molar-refractivity contribution in [2.75, 3.05) is 0 Å². The summed E-state index contributed by atoms with van der Waals surface area (Å²) in [5.74, 6) is 0.167. The van der Waals surface area contributed by atoms with E-state index in [2.05, 4.69) is 0 Å². The third-order valence-electron chi connectivity index (χ3n) is 1.57. The maximum atomic E-state index is 9.44. The lowest BCUT2D eigenvalue weighted by Gasteiger charge is -2.14. The zero-order valence-electron chi connectivity index (χ0n) is 7.47. The average Bonchev–Trinajstić information content (AvgIpc) is 1.87. The van der Waals surface area contributed by atoms with Crippen molar-refractivity contribution in [3.8, 4) is 0 Å². The van der Waals surface area contributed by atoms with E-state index in [1.54, 1.807) is 0 Å². The average molecular weight is 158 g/mol. The smallest absolute Gasteiger partial charge is 0.126 e. The number of hydrogen-bond donors (Lipinski definition) is 1. The molecule has 0 radical (unpaired) electrons. The Hall–Kier alpha value is -0.370. The van der Waals surface area contributed by atoms with Crippen LogP contribution in [0, 0.1) is 0 Å². The van der Waals surface area contributed by atoms with Crippen LogP contribution in [0.3, 0.4) is 0 Å². The van der Waals surface area contributed by atoms with Crippen molar-refractivity contribution in [2.45, 2.75) is 52.1 Å². The van der Waals surface area contributed by atoms with Gasteiger partial charge in [-0.25, -0.2) is 0 Å². The maximum Gasteiger partial charge on any atom is 0.126 e. The molecule has 2 nitrogen and oxygen atoms in total. The van der Waals surface area contributed by atoms with Crippen molar-refractivity contribution < 1.29 is 9.90 Å². The molecule has 1 aliphatic carbocycles. The fraction of sp³-hybridized carbons (Fsp3) is 0.889. The van der Waals surface area contributed by atoms with Gasteiger partial charge in [0.2, 0.25) is 0 Å². The predicted octanol–water partition coefficient (Wildman–Crippen LogP) is 1.91. The van der Waals surface area contributed by atoms with E-state index in [4.69, 9.17) is 5.11 Å². The molecule has 0 aliphatic heterocycles. The Kier molecular flexibility index (Phi) is 6.13. The molecular formula is C9H18O2. The molecule has 1 N–H and O–H groups in total. The molecule has 0 saturated heterocycles. The van der Waals surface area contributed by atoms with Gasteiger partial charge in [0.15, 0.2) is 0 Å². The second-order valence-electron chi connectivity index (χ2n) is 3.20. The standard InChI is InChI=1S/C6H12O.C3H6O/c7-6-4-2-1-3-5-6;1-3(2)4/h6-7H,1-5H2;1-2H3. The van der Waals surface area contributed by atoms with Crippen LogP contribution in [0.15, 0.2) is 0 Å². The summed E-state index contributed by atoms with van der Waals surface area (Å²) in [6, 6.07) is 0. The van der Waals surface area contributed by atoms with Crippen molar-refractivity contribution in [2.24, 2.45) is 0 Å². The first-order valence-corrected chi connectivity index (χ1v) is 4.28. The summed E-state index contributed by atoms with van der Waals surface area (Å²) in [6.07, 6.45) is 5.92. The zero-order valence-corrected chi connectivity index (χ0v) is 7.47. The molecule has 0 spiro atoms. The van der Waals surface area contributed by atoms with Crippen LogP contribution in [0.1, 0.15) is 46.0 Å². The maximum absolute atomic E-state index is 9.44. The molecule has 1 rings (SSSR count). The van der Waals surface area contributed by atoms with Gasteiger partial charge in [-0.3, -0.25) is 0 Å². The minimum absolute atomic E-state index is 0.0359. The Morgan fingerprint density at radius 3 is 1.73 bits per heavy atom. The molecule has 0 heterocycles. The quantitative estimate of drug-likeness (QED) is 0.584. The Labute approximate surface area is 68.6 Å². The third-order valence-corrected chi connectivity index (χ3v) is 1.57. The van der Waals surface area contributed by atoms with Gasteiger partial charge in [-0.1, -0.05) is 19.3 Å². The lowest BCUT2D eigenvalue weighted by Crippen LogP contribution is -2.09.